The lowest BCUT2D eigenvalue weighted by Crippen LogP contribution is -2.10. The van der Waals surface area contributed by atoms with Gasteiger partial charge in [0.05, 0.1) is 32.5 Å². The Labute approximate surface area is 180 Å². The van der Waals surface area contributed by atoms with Crippen molar-refractivity contribution in [1.82, 2.24) is 0 Å². The quantitative estimate of drug-likeness (QED) is 0.310. The van der Waals surface area contributed by atoms with Crippen molar-refractivity contribution in [3.63, 3.8) is 0 Å². The van der Waals surface area contributed by atoms with Crippen LogP contribution in [0.3, 0.4) is 0 Å². The topological polar surface area (TPSA) is 78.9 Å². The van der Waals surface area contributed by atoms with Gasteiger partial charge >= 0.3 is 5.97 Å². The predicted molar refractivity (Wildman–Crippen MR) is 112 cm³/mol. The van der Waals surface area contributed by atoms with Gasteiger partial charge < -0.3 is 14.2 Å². The standard InChI is InChI=1S/C11H11BrO4.C9H9BrO2/c1-15-10-5-7(12)3-4-8(10)9(13)6-11(14)16-2;1-6(11)8-4-3-7(10)5-9(8)12-2/h3-5H,6H2,1-2H3;3-5H,1-2H3. The maximum Gasteiger partial charge on any atom is 0.313 e. The van der Waals surface area contributed by atoms with Crippen molar-refractivity contribution in [3.8, 4) is 11.5 Å². The fourth-order valence-corrected chi connectivity index (χ4v) is 2.83. The van der Waals surface area contributed by atoms with E-state index in [0.717, 1.165) is 8.95 Å². The maximum atomic E-state index is 11.7. The zero-order valence-corrected chi connectivity index (χ0v) is 19.0. The Morgan fingerprint density at radius 2 is 1.29 bits per heavy atom. The monoisotopic (exact) mass is 514 g/mol. The van der Waals surface area contributed by atoms with Crippen LogP contribution in [0.1, 0.15) is 34.1 Å². The number of carbonyl (C=O) groups excluding carboxylic acids is 3. The molecule has 0 amide bonds. The predicted octanol–water partition coefficient (Wildman–Crippen LogP) is 4.86. The number of ketones is 2. The second kappa shape index (κ2) is 11.6. The van der Waals surface area contributed by atoms with Crippen LogP contribution in [-0.2, 0) is 9.53 Å². The molecule has 0 aliphatic carbocycles. The largest absolute Gasteiger partial charge is 0.496 e. The Morgan fingerprint density at radius 3 is 1.71 bits per heavy atom. The number of hydrogen-bond acceptors (Lipinski definition) is 6. The van der Waals surface area contributed by atoms with Crippen LogP contribution in [0.2, 0.25) is 0 Å². The lowest BCUT2D eigenvalue weighted by atomic mass is 10.1. The molecule has 150 valence electrons. The molecular formula is C20H20Br2O6. The Bertz CT molecular complexity index is 864. The summed E-state index contributed by atoms with van der Waals surface area (Å²) in [6.45, 7) is 1.52. The van der Waals surface area contributed by atoms with Gasteiger partial charge in [-0.1, -0.05) is 31.9 Å². The summed E-state index contributed by atoms with van der Waals surface area (Å²) in [4.78, 5) is 33.7. The van der Waals surface area contributed by atoms with Gasteiger partial charge in [0.15, 0.2) is 11.6 Å². The van der Waals surface area contributed by atoms with Gasteiger partial charge in [0.25, 0.3) is 0 Å². The highest BCUT2D eigenvalue weighted by atomic mass is 79.9. The minimum absolute atomic E-state index is 0.0133. The second-order valence-corrected chi connectivity index (χ2v) is 7.25. The summed E-state index contributed by atoms with van der Waals surface area (Å²) in [5.41, 5.74) is 0.983. The third kappa shape index (κ3) is 7.09. The first-order chi connectivity index (χ1) is 13.2. The van der Waals surface area contributed by atoms with Crippen LogP contribution in [0.15, 0.2) is 45.3 Å². The van der Waals surface area contributed by atoms with Crippen LogP contribution >= 0.6 is 31.9 Å². The Morgan fingerprint density at radius 1 is 0.821 bits per heavy atom. The van der Waals surface area contributed by atoms with Gasteiger partial charge in [0, 0.05) is 8.95 Å². The summed E-state index contributed by atoms with van der Waals surface area (Å²) in [6, 6.07) is 10.3. The lowest BCUT2D eigenvalue weighted by Gasteiger charge is -2.07. The molecule has 2 aromatic rings. The number of halogens is 2. The molecule has 0 saturated heterocycles. The number of methoxy groups -OCH3 is 3. The van der Waals surface area contributed by atoms with Gasteiger partial charge in [-0.05, 0) is 43.3 Å². The normalized spacial score (nSPS) is 9.64. The van der Waals surface area contributed by atoms with Crippen LogP contribution in [0.4, 0.5) is 0 Å². The lowest BCUT2D eigenvalue weighted by molar-refractivity contribution is -0.139. The molecule has 0 N–H and O–H groups in total. The molecule has 28 heavy (non-hydrogen) atoms. The average Bonchev–Trinajstić information content (AvgIpc) is 2.67. The summed E-state index contributed by atoms with van der Waals surface area (Å²) < 4.78 is 16.2. The average molecular weight is 516 g/mol. The van der Waals surface area contributed by atoms with Gasteiger partial charge in [0.2, 0.25) is 0 Å². The van der Waals surface area contributed by atoms with E-state index >= 15 is 0 Å². The first-order valence-corrected chi connectivity index (χ1v) is 9.60. The van der Waals surface area contributed by atoms with E-state index in [1.54, 1.807) is 37.4 Å². The third-order valence-electron chi connectivity index (χ3n) is 3.54. The van der Waals surface area contributed by atoms with Gasteiger partial charge in [-0.25, -0.2) is 0 Å². The maximum absolute atomic E-state index is 11.7. The van der Waals surface area contributed by atoms with Crippen LogP contribution in [-0.4, -0.2) is 38.9 Å². The van der Waals surface area contributed by atoms with E-state index in [1.165, 1.54) is 21.1 Å². The Kier molecular flexibility index (Phi) is 9.89. The molecule has 2 rings (SSSR count). The number of Topliss-reactive ketones (excluding diaryl/α,β-unsaturated/α-hetero) is 2. The van der Waals surface area contributed by atoms with Crippen LogP contribution in [0.25, 0.3) is 0 Å². The number of hydrogen-bond donors (Lipinski definition) is 0. The van der Waals surface area contributed by atoms with E-state index in [2.05, 4.69) is 36.6 Å². The molecule has 0 aliphatic heterocycles. The highest BCUT2D eigenvalue weighted by Gasteiger charge is 2.16. The highest BCUT2D eigenvalue weighted by molar-refractivity contribution is 9.10. The summed E-state index contributed by atoms with van der Waals surface area (Å²) in [5.74, 6) is 0.172. The van der Waals surface area contributed by atoms with E-state index in [1.807, 2.05) is 6.07 Å². The van der Waals surface area contributed by atoms with Gasteiger partial charge in [-0.3, -0.25) is 14.4 Å². The van der Waals surface area contributed by atoms with Gasteiger partial charge in [0.1, 0.15) is 17.9 Å². The molecule has 0 heterocycles. The van der Waals surface area contributed by atoms with E-state index < -0.39 is 5.97 Å². The summed E-state index contributed by atoms with van der Waals surface area (Å²) in [7, 11) is 4.26. The number of carbonyl (C=O) groups is 3. The molecule has 6 nitrogen and oxygen atoms in total. The molecule has 0 fully saturated rings. The molecule has 0 aliphatic rings. The molecule has 0 aromatic heterocycles. The fourth-order valence-electron chi connectivity index (χ4n) is 2.15. The first kappa shape index (κ1) is 23.8. The molecule has 0 spiro atoms. The van der Waals surface area contributed by atoms with Crippen molar-refractivity contribution < 1.29 is 28.6 Å². The van der Waals surface area contributed by atoms with E-state index in [4.69, 9.17) is 9.47 Å². The van der Waals surface area contributed by atoms with Crippen LogP contribution in [0.5, 0.6) is 11.5 Å². The van der Waals surface area contributed by atoms with Crippen molar-refractivity contribution in [3.05, 3.63) is 56.5 Å². The second-order valence-electron chi connectivity index (χ2n) is 5.42. The number of esters is 1. The molecule has 0 saturated carbocycles. The molecular weight excluding hydrogens is 496 g/mol. The van der Waals surface area contributed by atoms with E-state index in [0.29, 0.717) is 22.6 Å². The molecule has 0 radical (unpaired) electrons. The number of ether oxygens (including phenoxy) is 3. The minimum atomic E-state index is -0.560. The zero-order chi connectivity index (χ0) is 21.3. The van der Waals surface area contributed by atoms with Crippen LogP contribution < -0.4 is 9.47 Å². The zero-order valence-electron chi connectivity index (χ0n) is 15.9. The Hall–Kier alpha value is -2.19. The SMILES string of the molecule is COC(=O)CC(=O)c1ccc(Br)cc1OC.COc1cc(Br)ccc1C(C)=O. The van der Waals surface area contributed by atoms with Crippen molar-refractivity contribution in [2.24, 2.45) is 0 Å². The van der Waals surface area contributed by atoms with Crippen molar-refractivity contribution in [2.75, 3.05) is 21.3 Å². The molecule has 2 aromatic carbocycles. The molecule has 0 bridgehead atoms. The van der Waals surface area contributed by atoms with Crippen molar-refractivity contribution in [2.45, 2.75) is 13.3 Å². The minimum Gasteiger partial charge on any atom is -0.496 e. The molecule has 8 heteroatoms. The number of benzene rings is 2. The smallest absolute Gasteiger partial charge is 0.313 e. The molecule has 0 atom stereocenters. The summed E-state index contributed by atoms with van der Waals surface area (Å²) in [5, 5.41) is 0. The summed E-state index contributed by atoms with van der Waals surface area (Å²) >= 11 is 6.56. The van der Waals surface area contributed by atoms with Gasteiger partial charge in [-0.2, -0.15) is 0 Å². The first-order valence-electron chi connectivity index (χ1n) is 8.01. The summed E-state index contributed by atoms with van der Waals surface area (Å²) in [6.07, 6.45) is -0.283. The highest BCUT2D eigenvalue weighted by Crippen LogP contribution is 2.25. The van der Waals surface area contributed by atoms with E-state index in [9.17, 15) is 14.4 Å². The fraction of sp³-hybridized carbons (Fsp3) is 0.250. The van der Waals surface area contributed by atoms with Crippen molar-refractivity contribution >= 4 is 49.4 Å². The Balaban J connectivity index is 0.000000292. The third-order valence-corrected chi connectivity index (χ3v) is 4.53. The molecule has 0 unspecified atom stereocenters. The number of rotatable bonds is 6. The van der Waals surface area contributed by atoms with E-state index in [-0.39, 0.29) is 18.0 Å². The van der Waals surface area contributed by atoms with Crippen LogP contribution in [0, 0.1) is 0 Å². The van der Waals surface area contributed by atoms with Gasteiger partial charge in [-0.15, -0.1) is 0 Å². The van der Waals surface area contributed by atoms with Crippen molar-refractivity contribution in [1.29, 1.82) is 0 Å².